The largest absolute Gasteiger partial charge is 0.481 e. The Morgan fingerprint density at radius 2 is 2.54 bits per heavy atom. The molecule has 72 valence electrons. The number of H-pyrrole nitrogens is 1. The number of halogens is 1. The summed E-state index contributed by atoms with van der Waals surface area (Å²) < 4.78 is 0. The molecule has 0 saturated heterocycles. The van der Waals surface area contributed by atoms with Crippen molar-refractivity contribution < 1.29 is 9.90 Å². The van der Waals surface area contributed by atoms with Gasteiger partial charge in [-0.25, -0.2) is 0 Å². The summed E-state index contributed by atoms with van der Waals surface area (Å²) in [5.41, 5.74) is 6.34. The van der Waals surface area contributed by atoms with E-state index in [-0.39, 0.29) is 12.5 Å². The number of carboxylic acids is 1. The molecule has 0 amide bonds. The molecule has 1 unspecified atom stereocenters. The smallest absolute Gasteiger partial charge is 0.303 e. The summed E-state index contributed by atoms with van der Waals surface area (Å²) in [7, 11) is 0. The molecule has 0 aliphatic rings. The number of rotatable bonds is 4. The summed E-state index contributed by atoms with van der Waals surface area (Å²) in [5.74, 6) is -0.866. The van der Waals surface area contributed by atoms with E-state index in [1.54, 1.807) is 0 Å². The first-order chi connectivity index (χ1) is 6.11. The SMILES string of the molecule is NC(CCC(=O)O)c1cn[nH]c1Cl. The molecule has 0 bridgehead atoms. The first kappa shape index (κ1) is 10.0. The number of hydrogen-bond acceptors (Lipinski definition) is 3. The molecule has 1 rings (SSSR count). The molecule has 5 nitrogen and oxygen atoms in total. The van der Waals surface area contributed by atoms with Crippen molar-refractivity contribution in [3.8, 4) is 0 Å². The van der Waals surface area contributed by atoms with E-state index in [0.717, 1.165) is 0 Å². The van der Waals surface area contributed by atoms with Crippen molar-refractivity contribution in [3.05, 3.63) is 16.9 Å². The summed E-state index contributed by atoms with van der Waals surface area (Å²) in [4.78, 5) is 10.2. The highest BCUT2D eigenvalue weighted by molar-refractivity contribution is 6.30. The highest BCUT2D eigenvalue weighted by atomic mass is 35.5. The number of aliphatic carboxylic acids is 1. The Morgan fingerprint density at radius 1 is 1.85 bits per heavy atom. The highest BCUT2D eigenvalue weighted by Gasteiger charge is 2.12. The number of carbonyl (C=O) groups is 1. The van der Waals surface area contributed by atoms with Gasteiger partial charge in [-0.2, -0.15) is 5.10 Å². The summed E-state index contributed by atoms with van der Waals surface area (Å²) in [6.07, 6.45) is 1.89. The van der Waals surface area contributed by atoms with E-state index in [0.29, 0.717) is 17.1 Å². The van der Waals surface area contributed by atoms with Gasteiger partial charge in [-0.15, -0.1) is 0 Å². The van der Waals surface area contributed by atoms with E-state index in [2.05, 4.69) is 10.2 Å². The minimum atomic E-state index is -0.866. The molecule has 0 saturated carbocycles. The van der Waals surface area contributed by atoms with Crippen LogP contribution in [0.5, 0.6) is 0 Å². The van der Waals surface area contributed by atoms with Crippen LogP contribution in [-0.2, 0) is 4.79 Å². The second kappa shape index (κ2) is 4.25. The van der Waals surface area contributed by atoms with Gasteiger partial charge < -0.3 is 10.8 Å². The minimum absolute atomic E-state index is 0.0304. The number of aromatic amines is 1. The van der Waals surface area contributed by atoms with E-state index >= 15 is 0 Å². The van der Waals surface area contributed by atoms with E-state index in [9.17, 15) is 4.79 Å². The lowest BCUT2D eigenvalue weighted by Gasteiger charge is -2.07. The van der Waals surface area contributed by atoms with Gasteiger partial charge in [0.1, 0.15) is 5.15 Å². The molecule has 13 heavy (non-hydrogen) atoms. The lowest BCUT2D eigenvalue weighted by molar-refractivity contribution is -0.137. The van der Waals surface area contributed by atoms with Gasteiger partial charge in [0, 0.05) is 18.0 Å². The zero-order valence-electron chi connectivity index (χ0n) is 6.83. The van der Waals surface area contributed by atoms with E-state index in [1.807, 2.05) is 0 Å². The van der Waals surface area contributed by atoms with Crippen LogP contribution in [0.3, 0.4) is 0 Å². The first-order valence-corrected chi connectivity index (χ1v) is 4.15. The van der Waals surface area contributed by atoms with E-state index < -0.39 is 5.97 Å². The molecular weight excluding hydrogens is 194 g/mol. The van der Waals surface area contributed by atoms with Crippen molar-refractivity contribution in [2.45, 2.75) is 18.9 Å². The molecule has 1 aromatic rings. The van der Waals surface area contributed by atoms with Gasteiger partial charge >= 0.3 is 5.97 Å². The van der Waals surface area contributed by atoms with Crippen molar-refractivity contribution in [1.29, 1.82) is 0 Å². The van der Waals surface area contributed by atoms with Crippen LogP contribution in [0, 0.1) is 0 Å². The lowest BCUT2D eigenvalue weighted by atomic mass is 10.1. The fraction of sp³-hybridized carbons (Fsp3) is 0.429. The van der Waals surface area contributed by atoms with Gasteiger partial charge in [-0.3, -0.25) is 9.89 Å². The molecule has 0 radical (unpaired) electrons. The zero-order valence-corrected chi connectivity index (χ0v) is 7.58. The number of aromatic nitrogens is 2. The van der Waals surface area contributed by atoms with Crippen molar-refractivity contribution >= 4 is 17.6 Å². The maximum atomic E-state index is 10.2. The Kier molecular flexibility index (Phi) is 3.27. The van der Waals surface area contributed by atoms with Gasteiger partial charge in [0.05, 0.1) is 6.20 Å². The number of nitrogens with zero attached hydrogens (tertiary/aromatic N) is 1. The van der Waals surface area contributed by atoms with E-state index in [4.69, 9.17) is 22.4 Å². The molecular formula is C7H10ClN3O2. The number of nitrogens with one attached hydrogen (secondary N) is 1. The average Bonchev–Trinajstić information content (AvgIpc) is 2.47. The van der Waals surface area contributed by atoms with Crippen LogP contribution in [0.25, 0.3) is 0 Å². The van der Waals surface area contributed by atoms with Crippen molar-refractivity contribution in [1.82, 2.24) is 10.2 Å². The Hall–Kier alpha value is -1.07. The lowest BCUT2D eigenvalue weighted by Crippen LogP contribution is -2.11. The van der Waals surface area contributed by atoms with Gasteiger partial charge in [-0.05, 0) is 6.42 Å². The van der Waals surface area contributed by atoms with Gasteiger partial charge in [-0.1, -0.05) is 11.6 Å². The second-order valence-electron chi connectivity index (χ2n) is 2.68. The third-order valence-corrected chi connectivity index (χ3v) is 1.99. The van der Waals surface area contributed by atoms with Crippen molar-refractivity contribution in [2.24, 2.45) is 5.73 Å². The van der Waals surface area contributed by atoms with Crippen molar-refractivity contribution in [3.63, 3.8) is 0 Å². The van der Waals surface area contributed by atoms with Crippen LogP contribution in [-0.4, -0.2) is 21.3 Å². The first-order valence-electron chi connectivity index (χ1n) is 3.77. The number of nitrogens with two attached hydrogens (primary N) is 1. The molecule has 6 heteroatoms. The summed E-state index contributed by atoms with van der Waals surface area (Å²) in [5, 5.41) is 15.0. The topological polar surface area (TPSA) is 92.0 Å². The quantitative estimate of drug-likeness (QED) is 0.679. The van der Waals surface area contributed by atoms with Crippen molar-refractivity contribution in [2.75, 3.05) is 0 Å². The summed E-state index contributed by atoms with van der Waals surface area (Å²) in [6, 6.07) is -0.373. The standard InChI is InChI=1S/C7H10ClN3O2/c8-7-4(3-10-11-7)5(9)1-2-6(12)13/h3,5H,1-2,9H2,(H,10,11)(H,12,13). The molecule has 0 fully saturated rings. The fourth-order valence-corrected chi connectivity index (χ4v) is 1.21. The minimum Gasteiger partial charge on any atom is -0.481 e. The molecule has 0 aliphatic heterocycles. The third kappa shape index (κ3) is 2.71. The normalized spacial score (nSPS) is 12.8. The molecule has 0 spiro atoms. The predicted octanol–water partition coefficient (Wildman–Crippen LogP) is 0.928. The number of hydrogen-bond donors (Lipinski definition) is 3. The van der Waals surface area contributed by atoms with Crippen LogP contribution < -0.4 is 5.73 Å². The predicted molar refractivity (Wildman–Crippen MR) is 47.4 cm³/mol. The van der Waals surface area contributed by atoms with Crippen LogP contribution in [0.15, 0.2) is 6.20 Å². The van der Waals surface area contributed by atoms with Gasteiger partial charge in [0.15, 0.2) is 0 Å². The Morgan fingerprint density at radius 3 is 3.00 bits per heavy atom. The molecule has 4 N–H and O–H groups in total. The maximum absolute atomic E-state index is 10.2. The van der Waals surface area contributed by atoms with Crippen LogP contribution >= 0.6 is 11.6 Å². The Bertz CT molecular complexity index is 300. The zero-order chi connectivity index (χ0) is 9.84. The Balaban J connectivity index is 2.53. The number of carboxylic acid groups (broad SMARTS) is 1. The fourth-order valence-electron chi connectivity index (χ4n) is 0.973. The summed E-state index contributed by atoms with van der Waals surface area (Å²) in [6.45, 7) is 0. The Labute approximate surface area is 79.9 Å². The molecule has 0 aromatic carbocycles. The van der Waals surface area contributed by atoms with Crippen LogP contribution in [0.4, 0.5) is 0 Å². The van der Waals surface area contributed by atoms with Crippen LogP contribution in [0.1, 0.15) is 24.4 Å². The van der Waals surface area contributed by atoms with E-state index in [1.165, 1.54) is 6.20 Å². The third-order valence-electron chi connectivity index (χ3n) is 1.69. The highest BCUT2D eigenvalue weighted by Crippen LogP contribution is 2.21. The van der Waals surface area contributed by atoms with Crippen LogP contribution in [0.2, 0.25) is 5.15 Å². The molecule has 1 aromatic heterocycles. The van der Waals surface area contributed by atoms with Gasteiger partial charge in [0.25, 0.3) is 0 Å². The maximum Gasteiger partial charge on any atom is 0.303 e. The summed E-state index contributed by atoms with van der Waals surface area (Å²) >= 11 is 5.70. The molecule has 0 aliphatic carbocycles. The second-order valence-corrected chi connectivity index (χ2v) is 3.06. The molecule has 1 atom stereocenters. The monoisotopic (exact) mass is 203 g/mol. The average molecular weight is 204 g/mol. The van der Waals surface area contributed by atoms with Gasteiger partial charge in [0.2, 0.25) is 0 Å². The molecule has 1 heterocycles.